The number of hydrogen-bond acceptors (Lipinski definition) is 9. The Morgan fingerprint density at radius 1 is 0.871 bits per heavy atom. The molecule has 0 aromatic rings. The standard InChI is InChI=1S/C16H28N6O9/c1-6(24)12(16(30)31)22-14(28)8(4-11(19)26)20-15(29)9(5-23)21-13(27)7(17)2-3-10(18)25/h6-9,12,23-24H,2-5,17H2,1H3,(H2,18,25)(H2,19,26)(H,20,29)(H,21,27)(H,22,28)(H,30,31). The minimum atomic E-state index is -1.74. The number of rotatable bonds is 14. The molecule has 176 valence electrons. The van der Waals surface area contributed by atoms with Gasteiger partial charge in [0.15, 0.2) is 6.04 Å². The maximum absolute atomic E-state index is 12.3. The summed E-state index contributed by atoms with van der Waals surface area (Å²) >= 11 is 0. The second-order valence-electron chi connectivity index (χ2n) is 6.65. The number of carboxylic acids is 1. The summed E-state index contributed by atoms with van der Waals surface area (Å²) in [5.74, 6) is -6.45. The van der Waals surface area contributed by atoms with Gasteiger partial charge in [-0.3, -0.25) is 24.0 Å². The van der Waals surface area contributed by atoms with Gasteiger partial charge in [-0.15, -0.1) is 0 Å². The van der Waals surface area contributed by atoms with Crippen molar-refractivity contribution in [2.24, 2.45) is 17.2 Å². The molecule has 5 amide bonds. The number of aliphatic hydroxyl groups excluding tert-OH is 2. The predicted octanol–water partition coefficient (Wildman–Crippen LogP) is -5.63. The first-order valence-corrected chi connectivity index (χ1v) is 9.05. The summed E-state index contributed by atoms with van der Waals surface area (Å²) in [5.41, 5.74) is 15.5. The molecule has 0 fully saturated rings. The zero-order valence-corrected chi connectivity index (χ0v) is 16.7. The quantitative estimate of drug-likeness (QED) is 0.121. The van der Waals surface area contributed by atoms with Crippen LogP contribution in [0.4, 0.5) is 0 Å². The highest BCUT2D eigenvalue weighted by molar-refractivity contribution is 5.96. The summed E-state index contributed by atoms with van der Waals surface area (Å²) in [7, 11) is 0. The summed E-state index contributed by atoms with van der Waals surface area (Å²) in [6, 6.07) is -6.22. The fourth-order valence-electron chi connectivity index (χ4n) is 2.23. The molecule has 0 heterocycles. The van der Waals surface area contributed by atoms with Gasteiger partial charge >= 0.3 is 5.97 Å². The summed E-state index contributed by atoms with van der Waals surface area (Å²) in [5, 5.41) is 33.9. The minimum Gasteiger partial charge on any atom is -0.480 e. The highest BCUT2D eigenvalue weighted by Gasteiger charge is 2.32. The average Bonchev–Trinajstić information content (AvgIpc) is 2.66. The van der Waals surface area contributed by atoms with Crippen molar-refractivity contribution in [3.8, 4) is 0 Å². The molecular weight excluding hydrogens is 420 g/mol. The van der Waals surface area contributed by atoms with Gasteiger partial charge in [0, 0.05) is 6.42 Å². The van der Waals surface area contributed by atoms with Crippen LogP contribution in [0.3, 0.4) is 0 Å². The molecule has 0 aliphatic rings. The Labute approximate surface area is 176 Å². The third-order valence-electron chi connectivity index (χ3n) is 3.94. The minimum absolute atomic E-state index is 0.121. The Balaban J connectivity index is 5.23. The summed E-state index contributed by atoms with van der Waals surface area (Å²) in [6.45, 7) is 0.177. The molecule has 0 aliphatic carbocycles. The third kappa shape index (κ3) is 10.3. The lowest BCUT2D eigenvalue weighted by Crippen LogP contribution is -2.59. The number of carbonyl (C=O) groups is 6. The number of hydrogen-bond donors (Lipinski definition) is 9. The van der Waals surface area contributed by atoms with Crippen molar-refractivity contribution < 1.29 is 44.1 Å². The topological polar surface area (TPSA) is 277 Å². The van der Waals surface area contributed by atoms with E-state index in [1.54, 1.807) is 0 Å². The highest BCUT2D eigenvalue weighted by Crippen LogP contribution is 2.00. The molecule has 0 saturated heterocycles. The number of amides is 5. The third-order valence-corrected chi connectivity index (χ3v) is 3.94. The SMILES string of the molecule is CC(O)C(NC(=O)C(CC(N)=O)NC(=O)C(CO)NC(=O)C(N)CCC(N)=O)C(=O)O. The van der Waals surface area contributed by atoms with E-state index in [2.05, 4.69) is 10.6 Å². The fraction of sp³-hybridized carbons (Fsp3) is 0.625. The van der Waals surface area contributed by atoms with Crippen LogP contribution in [0.2, 0.25) is 0 Å². The first kappa shape index (κ1) is 27.7. The zero-order chi connectivity index (χ0) is 24.3. The predicted molar refractivity (Wildman–Crippen MR) is 102 cm³/mol. The van der Waals surface area contributed by atoms with Crippen molar-refractivity contribution >= 4 is 35.5 Å². The molecule has 0 spiro atoms. The summed E-state index contributed by atoms with van der Waals surface area (Å²) in [4.78, 5) is 69.7. The largest absolute Gasteiger partial charge is 0.480 e. The van der Waals surface area contributed by atoms with Gasteiger partial charge in [0.2, 0.25) is 29.5 Å². The fourth-order valence-corrected chi connectivity index (χ4v) is 2.23. The molecule has 12 N–H and O–H groups in total. The molecule has 0 aromatic heterocycles. The van der Waals surface area contributed by atoms with E-state index in [0.29, 0.717) is 0 Å². The van der Waals surface area contributed by atoms with E-state index in [0.717, 1.165) is 6.92 Å². The van der Waals surface area contributed by atoms with Crippen molar-refractivity contribution in [1.29, 1.82) is 0 Å². The van der Waals surface area contributed by atoms with Crippen molar-refractivity contribution in [1.82, 2.24) is 16.0 Å². The van der Waals surface area contributed by atoms with Gasteiger partial charge in [0.1, 0.15) is 12.1 Å². The Bertz CT molecular complexity index is 699. The molecule has 0 radical (unpaired) electrons. The van der Waals surface area contributed by atoms with Gasteiger partial charge < -0.3 is 48.5 Å². The van der Waals surface area contributed by atoms with Crippen LogP contribution in [-0.4, -0.2) is 87.7 Å². The van der Waals surface area contributed by atoms with E-state index in [-0.39, 0.29) is 12.8 Å². The van der Waals surface area contributed by atoms with Gasteiger partial charge in [-0.2, -0.15) is 0 Å². The van der Waals surface area contributed by atoms with E-state index in [4.69, 9.17) is 22.3 Å². The van der Waals surface area contributed by atoms with Gasteiger partial charge in [-0.1, -0.05) is 0 Å². The number of nitrogens with two attached hydrogens (primary N) is 3. The van der Waals surface area contributed by atoms with Crippen LogP contribution >= 0.6 is 0 Å². The van der Waals surface area contributed by atoms with Gasteiger partial charge in [0.25, 0.3) is 0 Å². The van der Waals surface area contributed by atoms with Crippen molar-refractivity contribution in [2.75, 3.05) is 6.61 Å². The number of aliphatic carboxylic acids is 1. The van der Waals surface area contributed by atoms with Crippen LogP contribution in [0.25, 0.3) is 0 Å². The van der Waals surface area contributed by atoms with Crippen LogP contribution in [0.1, 0.15) is 26.2 Å². The summed E-state index contributed by atoms with van der Waals surface area (Å²) in [6.07, 6.45) is -2.56. The Hall–Kier alpha value is -3.30. The first-order valence-electron chi connectivity index (χ1n) is 9.05. The lowest BCUT2D eigenvalue weighted by molar-refractivity contribution is -0.145. The smallest absolute Gasteiger partial charge is 0.328 e. The molecule has 0 aromatic carbocycles. The first-order chi connectivity index (χ1) is 14.3. The van der Waals surface area contributed by atoms with E-state index < -0.39 is 78.8 Å². The lowest BCUT2D eigenvalue weighted by atomic mass is 10.1. The van der Waals surface area contributed by atoms with Gasteiger partial charge in [-0.25, -0.2) is 4.79 Å². The van der Waals surface area contributed by atoms with E-state index in [1.165, 1.54) is 0 Å². The molecule has 31 heavy (non-hydrogen) atoms. The van der Waals surface area contributed by atoms with Crippen LogP contribution in [-0.2, 0) is 28.8 Å². The van der Waals surface area contributed by atoms with Crippen LogP contribution < -0.4 is 33.2 Å². The molecule has 0 saturated carbocycles. The van der Waals surface area contributed by atoms with Gasteiger partial charge in [0.05, 0.1) is 25.2 Å². The van der Waals surface area contributed by atoms with Crippen LogP contribution in [0, 0.1) is 0 Å². The number of carbonyl (C=O) groups excluding carboxylic acids is 5. The number of carboxylic acid groups (broad SMARTS) is 1. The van der Waals surface area contributed by atoms with Gasteiger partial charge in [-0.05, 0) is 13.3 Å². The molecular formula is C16H28N6O9. The Kier molecular flexibility index (Phi) is 11.7. The molecule has 15 nitrogen and oxygen atoms in total. The normalized spacial score (nSPS) is 15.5. The monoisotopic (exact) mass is 448 g/mol. The highest BCUT2D eigenvalue weighted by atomic mass is 16.4. The Morgan fingerprint density at radius 2 is 1.39 bits per heavy atom. The van der Waals surface area contributed by atoms with Crippen molar-refractivity contribution in [3.63, 3.8) is 0 Å². The van der Waals surface area contributed by atoms with E-state index in [1.807, 2.05) is 5.32 Å². The van der Waals surface area contributed by atoms with E-state index >= 15 is 0 Å². The summed E-state index contributed by atoms with van der Waals surface area (Å²) < 4.78 is 0. The van der Waals surface area contributed by atoms with Crippen LogP contribution in [0.15, 0.2) is 0 Å². The van der Waals surface area contributed by atoms with Crippen molar-refractivity contribution in [2.45, 2.75) is 56.5 Å². The maximum atomic E-state index is 12.3. The molecule has 5 unspecified atom stereocenters. The van der Waals surface area contributed by atoms with Crippen LogP contribution in [0.5, 0.6) is 0 Å². The molecule has 0 aliphatic heterocycles. The molecule has 5 atom stereocenters. The molecule has 0 bridgehead atoms. The van der Waals surface area contributed by atoms with E-state index in [9.17, 15) is 39.0 Å². The van der Waals surface area contributed by atoms with Crippen molar-refractivity contribution in [3.05, 3.63) is 0 Å². The number of aliphatic hydroxyl groups is 2. The molecule has 0 rings (SSSR count). The molecule has 15 heteroatoms. The zero-order valence-electron chi connectivity index (χ0n) is 16.7. The second-order valence-corrected chi connectivity index (χ2v) is 6.65. The number of primary amides is 2. The lowest BCUT2D eigenvalue weighted by Gasteiger charge is -2.24. The average molecular weight is 448 g/mol. The maximum Gasteiger partial charge on any atom is 0.328 e. The number of nitrogens with one attached hydrogen (secondary N) is 3. The Morgan fingerprint density at radius 3 is 1.81 bits per heavy atom. The second kappa shape index (κ2) is 13.1.